The van der Waals surface area contributed by atoms with Gasteiger partial charge in [0, 0.05) is 29.8 Å². The molecule has 1 atom stereocenters. The van der Waals surface area contributed by atoms with Gasteiger partial charge in [0.2, 0.25) is 0 Å². The van der Waals surface area contributed by atoms with Crippen molar-refractivity contribution in [1.29, 1.82) is 0 Å². The standard InChI is InChI=1S/C21H22FN3O3/c1-21(2)11-17(16-9-13(22)4-6-18(16)28-21)25-20(27)24-14-5-3-12-7-8-23-19(26)15(12)10-14/h3-6,9-10,17H,7-8,11H2,1-2H3,(H,23,26)(H2,24,25,27). The van der Waals surface area contributed by atoms with Crippen molar-refractivity contribution in [3.8, 4) is 5.75 Å². The lowest BCUT2D eigenvalue weighted by Crippen LogP contribution is -2.42. The van der Waals surface area contributed by atoms with Gasteiger partial charge >= 0.3 is 6.03 Å². The van der Waals surface area contributed by atoms with Gasteiger partial charge in [0.1, 0.15) is 17.2 Å². The zero-order valence-corrected chi connectivity index (χ0v) is 15.8. The van der Waals surface area contributed by atoms with E-state index >= 15 is 0 Å². The smallest absolute Gasteiger partial charge is 0.319 e. The molecule has 0 aliphatic carbocycles. The molecule has 1 unspecified atom stereocenters. The van der Waals surface area contributed by atoms with Gasteiger partial charge in [0.15, 0.2) is 0 Å². The molecule has 28 heavy (non-hydrogen) atoms. The summed E-state index contributed by atoms with van der Waals surface area (Å²) in [6.45, 7) is 4.47. The molecular weight excluding hydrogens is 361 g/mol. The molecule has 0 aromatic heterocycles. The molecular formula is C21H22FN3O3. The average molecular weight is 383 g/mol. The molecule has 6 nitrogen and oxygen atoms in total. The lowest BCUT2D eigenvalue weighted by atomic mass is 9.89. The monoisotopic (exact) mass is 383 g/mol. The van der Waals surface area contributed by atoms with Crippen LogP contribution in [0.25, 0.3) is 0 Å². The van der Waals surface area contributed by atoms with Gasteiger partial charge in [-0.15, -0.1) is 0 Å². The molecule has 0 bridgehead atoms. The van der Waals surface area contributed by atoms with E-state index in [0.717, 1.165) is 12.0 Å². The molecule has 0 radical (unpaired) electrons. The van der Waals surface area contributed by atoms with Crippen molar-refractivity contribution in [1.82, 2.24) is 10.6 Å². The first-order valence-corrected chi connectivity index (χ1v) is 9.28. The Kier molecular flexibility index (Phi) is 4.45. The molecule has 3 N–H and O–H groups in total. The molecule has 2 aromatic rings. The Labute approximate surface area is 162 Å². The maximum atomic E-state index is 13.7. The van der Waals surface area contributed by atoms with Crippen molar-refractivity contribution in [2.45, 2.75) is 38.3 Å². The number of urea groups is 1. The normalized spacial score (nSPS) is 19.5. The summed E-state index contributed by atoms with van der Waals surface area (Å²) in [6, 6.07) is 8.80. The fourth-order valence-electron chi connectivity index (χ4n) is 3.77. The van der Waals surface area contributed by atoms with Crippen LogP contribution in [0.4, 0.5) is 14.9 Å². The molecule has 3 amide bonds. The number of amides is 3. The Morgan fingerprint density at radius 3 is 2.89 bits per heavy atom. The molecule has 7 heteroatoms. The first kappa shape index (κ1) is 18.3. The lowest BCUT2D eigenvalue weighted by molar-refractivity contribution is 0.0680. The summed E-state index contributed by atoms with van der Waals surface area (Å²) in [5, 5.41) is 8.46. The van der Waals surface area contributed by atoms with Crippen molar-refractivity contribution in [2.75, 3.05) is 11.9 Å². The van der Waals surface area contributed by atoms with Gasteiger partial charge < -0.3 is 20.7 Å². The van der Waals surface area contributed by atoms with Gasteiger partial charge in [-0.1, -0.05) is 6.07 Å². The van der Waals surface area contributed by atoms with Crippen molar-refractivity contribution in [3.05, 3.63) is 58.9 Å². The number of ether oxygens (including phenoxy) is 1. The number of benzene rings is 2. The van der Waals surface area contributed by atoms with Crippen LogP contribution in [0.2, 0.25) is 0 Å². The van der Waals surface area contributed by atoms with Gasteiger partial charge in [0.05, 0.1) is 6.04 Å². The van der Waals surface area contributed by atoms with E-state index in [-0.39, 0.29) is 11.7 Å². The number of hydrogen-bond acceptors (Lipinski definition) is 3. The summed E-state index contributed by atoms with van der Waals surface area (Å²) in [7, 11) is 0. The summed E-state index contributed by atoms with van der Waals surface area (Å²) in [6.07, 6.45) is 1.27. The summed E-state index contributed by atoms with van der Waals surface area (Å²) in [5.41, 5.74) is 2.18. The molecule has 2 aliphatic rings. The van der Waals surface area contributed by atoms with Gasteiger partial charge in [-0.2, -0.15) is 0 Å². The molecule has 0 spiro atoms. The van der Waals surface area contributed by atoms with Crippen molar-refractivity contribution in [2.24, 2.45) is 0 Å². The highest BCUT2D eigenvalue weighted by molar-refractivity contribution is 5.99. The van der Waals surface area contributed by atoms with Crippen LogP contribution in [-0.4, -0.2) is 24.1 Å². The van der Waals surface area contributed by atoms with E-state index in [0.29, 0.717) is 35.5 Å². The third-order valence-corrected chi connectivity index (χ3v) is 5.03. The summed E-state index contributed by atoms with van der Waals surface area (Å²) >= 11 is 0. The first-order valence-electron chi connectivity index (χ1n) is 9.28. The zero-order valence-electron chi connectivity index (χ0n) is 15.8. The van der Waals surface area contributed by atoms with E-state index < -0.39 is 17.7 Å². The topological polar surface area (TPSA) is 79.5 Å². The maximum Gasteiger partial charge on any atom is 0.319 e. The van der Waals surface area contributed by atoms with Crippen LogP contribution in [-0.2, 0) is 6.42 Å². The van der Waals surface area contributed by atoms with Crippen LogP contribution in [0.5, 0.6) is 5.75 Å². The van der Waals surface area contributed by atoms with E-state index in [2.05, 4.69) is 16.0 Å². The molecule has 2 aromatic carbocycles. The van der Waals surface area contributed by atoms with E-state index in [9.17, 15) is 14.0 Å². The second-order valence-corrected chi connectivity index (χ2v) is 7.78. The Balaban J connectivity index is 1.52. The molecule has 2 aliphatic heterocycles. The molecule has 4 rings (SSSR count). The number of fused-ring (bicyclic) bond motifs is 2. The number of nitrogens with one attached hydrogen (secondary N) is 3. The number of hydrogen-bond donors (Lipinski definition) is 3. The molecule has 0 saturated carbocycles. The maximum absolute atomic E-state index is 13.7. The van der Waals surface area contributed by atoms with Crippen molar-refractivity contribution in [3.63, 3.8) is 0 Å². The number of carbonyl (C=O) groups excluding carboxylic acids is 2. The number of halogens is 1. The van der Waals surface area contributed by atoms with Crippen LogP contribution in [0.1, 0.15) is 47.8 Å². The number of anilines is 1. The average Bonchev–Trinajstić information content (AvgIpc) is 2.62. The molecule has 146 valence electrons. The summed E-state index contributed by atoms with van der Waals surface area (Å²) in [5.74, 6) is 0.0456. The zero-order chi connectivity index (χ0) is 19.9. The van der Waals surface area contributed by atoms with Gasteiger partial charge in [-0.3, -0.25) is 4.79 Å². The highest BCUT2D eigenvalue weighted by Gasteiger charge is 2.35. The Morgan fingerprint density at radius 1 is 1.25 bits per heavy atom. The minimum absolute atomic E-state index is 0.138. The third-order valence-electron chi connectivity index (χ3n) is 5.03. The summed E-state index contributed by atoms with van der Waals surface area (Å²) < 4.78 is 19.6. The largest absolute Gasteiger partial charge is 0.487 e. The van der Waals surface area contributed by atoms with Crippen molar-refractivity contribution >= 4 is 17.6 Å². The van der Waals surface area contributed by atoms with Crippen molar-refractivity contribution < 1.29 is 18.7 Å². The van der Waals surface area contributed by atoms with Gasteiger partial charge in [0.25, 0.3) is 5.91 Å². The number of rotatable bonds is 2. The van der Waals surface area contributed by atoms with Gasteiger partial charge in [-0.05, 0) is 56.2 Å². The van der Waals surface area contributed by atoms with Crippen LogP contribution in [0.15, 0.2) is 36.4 Å². The van der Waals surface area contributed by atoms with E-state index in [1.807, 2.05) is 19.9 Å². The SMILES string of the molecule is CC1(C)CC(NC(=O)Nc2ccc3c(c2)C(=O)NCC3)c2cc(F)ccc2O1. The highest BCUT2D eigenvalue weighted by Crippen LogP contribution is 2.39. The Bertz CT molecular complexity index is 958. The predicted molar refractivity (Wildman–Crippen MR) is 103 cm³/mol. The van der Waals surface area contributed by atoms with Crippen LogP contribution >= 0.6 is 0 Å². The quantitative estimate of drug-likeness (QED) is 0.742. The second kappa shape index (κ2) is 6.82. The van der Waals surface area contributed by atoms with Crippen LogP contribution in [0, 0.1) is 5.82 Å². The predicted octanol–water partition coefficient (Wildman–Crippen LogP) is 3.54. The van der Waals surface area contributed by atoms with E-state index in [4.69, 9.17) is 4.74 Å². The van der Waals surface area contributed by atoms with E-state index in [1.165, 1.54) is 12.1 Å². The molecule has 0 fully saturated rings. The number of carbonyl (C=O) groups is 2. The molecule has 2 heterocycles. The fraction of sp³-hybridized carbons (Fsp3) is 0.333. The summed E-state index contributed by atoms with van der Waals surface area (Å²) in [4.78, 5) is 24.6. The molecule has 0 saturated heterocycles. The van der Waals surface area contributed by atoms with Crippen LogP contribution < -0.4 is 20.7 Å². The first-order chi connectivity index (χ1) is 13.3. The second-order valence-electron chi connectivity index (χ2n) is 7.78. The minimum Gasteiger partial charge on any atom is -0.487 e. The Hall–Kier alpha value is -3.09. The minimum atomic E-state index is -0.493. The highest BCUT2D eigenvalue weighted by atomic mass is 19.1. The lowest BCUT2D eigenvalue weighted by Gasteiger charge is -2.37. The Morgan fingerprint density at radius 2 is 2.07 bits per heavy atom. The fourth-order valence-corrected chi connectivity index (χ4v) is 3.77. The van der Waals surface area contributed by atoms with Gasteiger partial charge in [-0.25, -0.2) is 9.18 Å². The van der Waals surface area contributed by atoms with E-state index in [1.54, 1.807) is 18.2 Å². The third kappa shape index (κ3) is 3.65. The van der Waals surface area contributed by atoms with Crippen LogP contribution in [0.3, 0.4) is 0 Å².